The van der Waals surface area contributed by atoms with Gasteiger partial charge in [-0.05, 0) is 24.0 Å². The first-order valence-corrected chi connectivity index (χ1v) is 7.91. The Bertz CT molecular complexity index is 371. The molecule has 1 rings (SSSR count). The third kappa shape index (κ3) is 3.56. The van der Waals surface area contributed by atoms with Gasteiger partial charge in [-0.3, -0.25) is 9.69 Å². The topological polar surface area (TPSA) is 20.3 Å². The molecule has 1 unspecified atom stereocenters. The summed E-state index contributed by atoms with van der Waals surface area (Å²) in [5.74, 6) is 0.00841. The Morgan fingerprint density at radius 3 is 2.88 bits per heavy atom. The van der Waals surface area contributed by atoms with Crippen molar-refractivity contribution in [1.82, 2.24) is 4.90 Å². The lowest BCUT2D eigenvalue weighted by Crippen LogP contribution is -2.41. The molecular weight excluding hydrogens is 336 g/mol. The zero-order valence-corrected chi connectivity index (χ0v) is 12.3. The highest BCUT2D eigenvalue weighted by molar-refractivity contribution is 14.2. The molecule has 1 atom stereocenters. The van der Waals surface area contributed by atoms with E-state index in [0.717, 1.165) is 3.63 Å². The zero-order chi connectivity index (χ0) is 12.0. The zero-order valence-electron chi connectivity index (χ0n) is 9.36. The van der Waals surface area contributed by atoms with E-state index in [4.69, 9.17) is 11.6 Å². The summed E-state index contributed by atoms with van der Waals surface area (Å²) >= 11 is 5.44. The van der Waals surface area contributed by atoms with E-state index in [1.165, 1.54) is 0 Å². The number of carbonyl (C=O) groups excluding carboxylic acids is 1. The first-order chi connectivity index (χ1) is 7.70. The van der Waals surface area contributed by atoms with Crippen LogP contribution in [0.3, 0.4) is 0 Å². The van der Waals surface area contributed by atoms with E-state index in [0.29, 0.717) is 0 Å². The van der Waals surface area contributed by atoms with Gasteiger partial charge >= 0.3 is 0 Å². The summed E-state index contributed by atoms with van der Waals surface area (Å²) in [7, 11) is 0. The van der Waals surface area contributed by atoms with Gasteiger partial charge in [0.1, 0.15) is 5.88 Å². The molecule has 0 aromatic heterocycles. The smallest absolute Gasteiger partial charge is 0.242 e. The number of halogens is 2. The average Bonchev–Trinajstić information content (AvgIpc) is 2.31. The van der Waals surface area contributed by atoms with Crippen molar-refractivity contribution in [3.05, 3.63) is 34.5 Å². The van der Waals surface area contributed by atoms with Gasteiger partial charge in [0.05, 0.1) is 9.67 Å². The Balaban J connectivity index is 2.95. The van der Waals surface area contributed by atoms with E-state index in [-0.39, 0.29) is 38.6 Å². The van der Waals surface area contributed by atoms with E-state index >= 15 is 0 Å². The van der Waals surface area contributed by atoms with Crippen molar-refractivity contribution >= 4 is 41.9 Å². The maximum absolute atomic E-state index is 11.8. The van der Waals surface area contributed by atoms with Crippen LogP contribution in [-0.4, -0.2) is 26.4 Å². The van der Waals surface area contributed by atoms with Crippen molar-refractivity contribution in [3.63, 3.8) is 0 Å². The summed E-state index contributed by atoms with van der Waals surface area (Å²) < 4.78 is 3.25. The van der Waals surface area contributed by atoms with Gasteiger partial charge in [-0.15, -0.1) is 11.6 Å². The van der Waals surface area contributed by atoms with Crippen molar-refractivity contribution < 1.29 is 4.79 Å². The van der Waals surface area contributed by atoms with Gasteiger partial charge in [-0.1, -0.05) is 45.0 Å². The maximum Gasteiger partial charge on any atom is 0.242 e. The quantitative estimate of drug-likeness (QED) is 0.433. The molecule has 0 spiro atoms. The molecule has 2 nitrogen and oxygen atoms in total. The second-order valence-electron chi connectivity index (χ2n) is 3.27. The fourth-order valence-electron chi connectivity index (χ4n) is 1.42. The Kier molecular flexibility index (Phi) is 5.98. The van der Waals surface area contributed by atoms with E-state index in [1.54, 1.807) is 4.90 Å². The molecule has 0 N–H and O–H groups in total. The average molecular weight is 352 g/mol. The van der Waals surface area contributed by atoms with Gasteiger partial charge in [0.2, 0.25) is 5.91 Å². The number of hydrogen-bond acceptors (Lipinski definition) is 1. The molecule has 0 aromatic carbocycles. The van der Waals surface area contributed by atoms with E-state index in [2.05, 4.69) is 4.08 Å². The van der Waals surface area contributed by atoms with Crippen molar-refractivity contribution in [2.45, 2.75) is 19.9 Å². The van der Waals surface area contributed by atoms with Gasteiger partial charge in [0, 0.05) is 0 Å². The molecule has 0 radical (unpaired) electrons. The van der Waals surface area contributed by atoms with Crippen LogP contribution in [0.4, 0.5) is 0 Å². The van der Waals surface area contributed by atoms with Crippen LogP contribution < -0.4 is 0 Å². The van der Waals surface area contributed by atoms with Crippen LogP contribution in [0.1, 0.15) is 13.8 Å². The molecule has 16 heavy (non-hydrogen) atoms. The third-order valence-electron chi connectivity index (χ3n) is 2.08. The molecule has 88 valence electrons. The number of hydrogen-bond donors (Lipinski definition) is 0. The monoisotopic (exact) mass is 351 g/mol. The number of allylic oxidation sites excluding steroid dienone is 3. The molecule has 0 aromatic rings. The summed E-state index contributed by atoms with van der Waals surface area (Å²) in [6.45, 7) is 3.96. The SMILES string of the molecule is C/C=C/C(C)N(C(=O)CCl)C1=IC=CC=C1. The second-order valence-corrected chi connectivity index (χ2v) is 5.99. The Morgan fingerprint density at radius 1 is 1.62 bits per heavy atom. The van der Waals surface area contributed by atoms with E-state index in [9.17, 15) is 4.79 Å². The normalized spacial score (nSPS) is 16.8. The van der Waals surface area contributed by atoms with Crippen molar-refractivity contribution in [2.24, 2.45) is 0 Å². The van der Waals surface area contributed by atoms with Crippen LogP contribution in [0.2, 0.25) is 0 Å². The van der Waals surface area contributed by atoms with Gasteiger partial charge in [-0.25, -0.2) is 0 Å². The molecule has 0 aliphatic carbocycles. The molecule has 0 saturated heterocycles. The number of rotatable bonds is 4. The van der Waals surface area contributed by atoms with Crippen molar-refractivity contribution in [3.8, 4) is 0 Å². The second kappa shape index (κ2) is 7.01. The van der Waals surface area contributed by atoms with Crippen LogP contribution >= 0.6 is 32.3 Å². The van der Waals surface area contributed by atoms with Crippen LogP contribution in [0.15, 0.2) is 34.5 Å². The highest BCUT2D eigenvalue weighted by Gasteiger charge is 2.20. The van der Waals surface area contributed by atoms with Crippen LogP contribution in [0.25, 0.3) is 0 Å². The predicted molar refractivity (Wildman–Crippen MR) is 79.1 cm³/mol. The lowest BCUT2D eigenvalue weighted by molar-refractivity contribution is -0.125. The summed E-state index contributed by atoms with van der Waals surface area (Å²) in [5, 5.41) is 0. The summed E-state index contributed by atoms with van der Waals surface area (Å²) in [6.07, 6.45) is 9.97. The number of carbonyl (C=O) groups is 1. The number of amides is 1. The molecule has 1 heterocycles. The van der Waals surface area contributed by atoms with E-state index < -0.39 is 0 Å². The molecule has 0 fully saturated rings. The van der Waals surface area contributed by atoms with Gasteiger partial charge < -0.3 is 0 Å². The van der Waals surface area contributed by atoms with Crippen LogP contribution in [0.5, 0.6) is 0 Å². The van der Waals surface area contributed by atoms with Gasteiger partial charge in [0.15, 0.2) is 0 Å². The molecule has 0 bridgehead atoms. The number of alkyl halides is 1. The van der Waals surface area contributed by atoms with Crippen LogP contribution in [-0.2, 0) is 4.79 Å². The minimum Gasteiger partial charge on any atom is -0.300 e. The Hall–Kier alpha value is -0.420. The lowest BCUT2D eigenvalue weighted by Gasteiger charge is -2.27. The predicted octanol–water partition coefficient (Wildman–Crippen LogP) is 3.20. The fourth-order valence-corrected chi connectivity index (χ4v) is 3.79. The first kappa shape index (κ1) is 13.6. The maximum atomic E-state index is 11.8. The fraction of sp³-hybridized carbons (Fsp3) is 0.333. The minimum absolute atomic E-state index is 0.0260. The molecule has 4 heteroatoms. The first-order valence-electron chi connectivity index (χ1n) is 5.05. The molecular formula is C12H15ClINO. The highest BCUT2D eigenvalue weighted by Crippen LogP contribution is 2.16. The minimum atomic E-state index is -0.214. The number of nitrogens with zero attached hydrogens (tertiary/aromatic N) is 1. The van der Waals surface area contributed by atoms with Gasteiger partial charge in [-0.2, -0.15) is 0 Å². The Labute approximate surface area is 111 Å². The van der Waals surface area contributed by atoms with Crippen molar-refractivity contribution in [1.29, 1.82) is 0 Å². The molecule has 1 aliphatic rings. The summed E-state index contributed by atoms with van der Waals surface area (Å²) in [4.78, 5) is 13.6. The third-order valence-corrected chi connectivity index (χ3v) is 4.60. The van der Waals surface area contributed by atoms with Crippen LogP contribution in [0, 0.1) is 0 Å². The largest absolute Gasteiger partial charge is 0.300 e. The van der Waals surface area contributed by atoms with Gasteiger partial charge in [0.25, 0.3) is 0 Å². The lowest BCUT2D eigenvalue weighted by atomic mass is 10.2. The van der Waals surface area contributed by atoms with Crippen molar-refractivity contribution in [2.75, 3.05) is 5.88 Å². The summed E-state index contributed by atoms with van der Waals surface area (Å²) in [6, 6.07) is 0.0714. The molecule has 1 amide bonds. The standard InChI is InChI=1S/C12H15ClINO/c1-3-6-10(2)15(12(16)9-13)11-7-4-5-8-14-11/h3-8,10H,9H2,1-2H3/b6-3+. The molecule has 1 aliphatic heterocycles. The summed E-state index contributed by atoms with van der Waals surface area (Å²) in [5.41, 5.74) is 0. The highest BCUT2D eigenvalue weighted by atomic mass is 127. The molecule has 0 saturated carbocycles. The Morgan fingerprint density at radius 2 is 2.38 bits per heavy atom. The van der Waals surface area contributed by atoms with E-state index in [1.807, 2.05) is 44.2 Å².